The van der Waals surface area contributed by atoms with Crippen LogP contribution in [0.2, 0.25) is 10.0 Å². The van der Waals surface area contributed by atoms with Gasteiger partial charge in [-0.25, -0.2) is 8.42 Å². The molecule has 1 fully saturated rings. The first-order valence-electron chi connectivity index (χ1n) is 10.5. The molecule has 174 valence electrons. The van der Waals surface area contributed by atoms with Crippen LogP contribution in [0.25, 0.3) is 0 Å². The Hall–Kier alpha value is -2.52. The molecule has 2 heterocycles. The summed E-state index contributed by atoms with van der Waals surface area (Å²) in [6, 6.07) is 17.1. The lowest BCUT2D eigenvalue weighted by atomic mass is 10.1. The van der Waals surface area contributed by atoms with Crippen molar-refractivity contribution >= 4 is 44.8 Å². The normalized spacial score (nSPS) is 15.3. The number of piperidine rings is 1. The van der Waals surface area contributed by atoms with Crippen LogP contribution in [0.1, 0.15) is 29.0 Å². The molecule has 7 nitrogen and oxygen atoms in total. The fourth-order valence-electron chi connectivity index (χ4n) is 3.64. The first-order chi connectivity index (χ1) is 15.8. The second-order valence-electron chi connectivity index (χ2n) is 7.74. The fraction of sp³-hybridized carbons (Fsp3) is 0.261. The van der Waals surface area contributed by atoms with Gasteiger partial charge in [-0.15, -0.1) is 0 Å². The molecule has 1 aliphatic rings. The maximum Gasteiger partial charge on any atom is 0.276 e. The monoisotopic (exact) mass is 507 g/mol. The fourth-order valence-corrected chi connectivity index (χ4v) is 5.36. The summed E-state index contributed by atoms with van der Waals surface area (Å²) in [5, 5.41) is 7.18. The Balaban J connectivity index is 1.32. The van der Waals surface area contributed by atoms with Gasteiger partial charge in [0.2, 0.25) is 5.09 Å². The average Bonchev–Trinajstić information content (AvgIpc) is 3.28. The van der Waals surface area contributed by atoms with E-state index in [1.807, 2.05) is 24.3 Å². The summed E-state index contributed by atoms with van der Waals surface area (Å²) in [6.07, 6.45) is 1.33. The Bertz CT molecular complexity index is 1220. The second-order valence-corrected chi connectivity index (χ2v) is 10.5. The van der Waals surface area contributed by atoms with Crippen LogP contribution in [0.4, 0.5) is 5.69 Å². The number of hydrogen-bond donors (Lipinski definition) is 2. The largest absolute Gasteiger partial charge is 0.446 e. The topological polar surface area (TPSA) is 91.7 Å². The summed E-state index contributed by atoms with van der Waals surface area (Å²) >= 11 is 11.9. The lowest BCUT2D eigenvalue weighted by molar-refractivity contribution is 0.0947. The quantitative estimate of drug-likeness (QED) is 0.479. The van der Waals surface area contributed by atoms with Crippen LogP contribution in [0.5, 0.6) is 0 Å². The number of carbonyl (C=O) groups excluding carboxylic acids is 1. The molecular formula is C23H23Cl2N3O4S. The Labute approximate surface area is 202 Å². The standard InChI is InChI=1S/C23H23Cl2N3O4S/c24-17-6-4-16(5-7-17)23(29)26-15-21-8-9-22(32-21)33(30,31)28-12-10-19(11-13-28)27-20-3-1-2-18(25)14-20/h1-9,14,19,27H,10-13,15H2,(H,26,29). The van der Waals surface area contributed by atoms with Crippen LogP contribution in [-0.4, -0.2) is 37.8 Å². The number of furan rings is 1. The predicted molar refractivity (Wildman–Crippen MR) is 128 cm³/mol. The van der Waals surface area contributed by atoms with E-state index in [1.165, 1.54) is 10.4 Å². The van der Waals surface area contributed by atoms with Crippen molar-refractivity contribution < 1.29 is 17.6 Å². The van der Waals surface area contributed by atoms with Crippen LogP contribution >= 0.6 is 23.2 Å². The van der Waals surface area contributed by atoms with E-state index in [9.17, 15) is 13.2 Å². The van der Waals surface area contributed by atoms with E-state index in [-0.39, 0.29) is 23.6 Å². The zero-order chi connectivity index (χ0) is 23.4. The number of nitrogens with one attached hydrogen (secondary N) is 2. The lowest BCUT2D eigenvalue weighted by Crippen LogP contribution is -2.42. The molecule has 10 heteroatoms. The third kappa shape index (κ3) is 5.89. The third-order valence-electron chi connectivity index (χ3n) is 5.41. The molecule has 0 unspecified atom stereocenters. The molecular weight excluding hydrogens is 485 g/mol. The summed E-state index contributed by atoms with van der Waals surface area (Å²) in [5.41, 5.74) is 1.37. The molecule has 0 saturated carbocycles. The van der Waals surface area contributed by atoms with Crippen LogP contribution in [0, 0.1) is 0 Å². The third-order valence-corrected chi connectivity index (χ3v) is 7.67. The summed E-state index contributed by atoms with van der Waals surface area (Å²) in [4.78, 5) is 12.2. The maximum absolute atomic E-state index is 13.0. The van der Waals surface area contributed by atoms with E-state index in [1.54, 1.807) is 30.3 Å². The summed E-state index contributed by atoms with van der Waals surface area (Å²) < 4.78 is 33.0. The van der Waals surface area contributed by atoms with Crippen LogP contribution < -0.4 is 10.6 Å². The summed E-state index contributed by atoms with van der Waals surface area (Å²) in [6.45, 7) is 0.830. The molecule has 0 bridgehead atoms. The number of anilines is 1. The molecule has 1 amide bonds. The first kappa shape index (κ1) is 23.6. The molecule has 2 aromatic carbocycles. The predicted octanol–water partition coefficient (Wildman–Crippen LogP) is 4.78. The van der Waals surface area contributed by atoms with E-state index in [4.69, 9.17) is 27.6 Å². The molecule has 0 aliphatic carbocycles. The Kier molecular flexibility index (Phi) is 7.29. The molecule has 33 heavy (non-hydrogen) atoms. The van der Waals surface area contributed by atoms with Crippen molar-refractivity contribution in [3.05, 3.63) is 82.0 Å². The highest BCUT2D eigenvalue weighted by atomic mass is 35.5. The molecule has 1 aromatic heterocycles. The molecule has 0 spiro atoms. The van der Waals surface area contributed by atoms with Crippen molar-refractivity contribution in [1.82, 2.24) is 9.62 Å². The number of amides is 1. The number of sulfonamides is 1. The highest BCUT2D eigenvalue weighted by Crippen LogP contribution is 2.25. The minimum absolute atomic E-state index is 0.0720. The van der Waals surface area contributed by atoms with E-state index >= 15 is 0 Å². The first-order valence-corrected chi connectivity index (χ1v) is 12.7. The number of hydrogen-bond acceptors (Lipinski definition) is 5. The molecule has 4 rings (SSSR count). The van der Waals surface area contributed by atoms with E-state index in [0.717, 1.165) is 5.69 Å². The van der Waals surface area contributed by atoms with Gasteiger partial charge in [0.15, 0.2) is 0 Å². The number of halogens is 2. The number of rotatable bonds is 7. The van der Waals surface area contributed by atoms with Gasteiger partial charge in [-0.3, -0.25) is 4.79 Å². The number of benzene rings is 2. The van der Waals surface area contributed by atoms with Crippen molar-refractivity contribution in [2.45, 2.75) is 30.5 Å². The van der Waals surface area contributed by atoms with Gasteiger partial charge < -0.3 is 15.1 Å². The van der Waals surface area contributed by atoms with Gasteiger partial charge in [-0.1, -0.05) is 29.3 Å². The highest BCUT2D eigenvalue weighted by Gasteiger charge is 2.31. The molecule has 1 saturated heterocycles. The van der Waals surface area contributed by atoms with Gasteiger partial charge in [-0.05, 0) is 67.4 Å². The van der Waals surface area contributed by atoms with Gasteiger partial charge in [0.1, 0.15) is 5.76 Å². The SMILES string of the molecule is O=C(NCc1ccc(S(=O)(=O)N2CCC(Nc3cccc(Cl)c3)CC2)o1)c1ccc(Cl)cc1. The van der Waals surface area contributed by atoms with Crippen LogP contribution in [-0.2, 0) is 16.6 Å². The summed E-state index contributed by atoms with van der Waals surface area (Å²) in [7, 11) is -3.75. The van der Waals surface area contributed by atoms with Crippen molar-refractivity contribution in [1.29, 1.82) is 0 Å². The lowest BCUT2D eigenvalue weighted by Gasteiger charge is -2.31. The molecule has 3 aromatic rings. The molecule has 0 radical (unpaired) electrons. The zero-order valence-corrected chi connectivity index (χ0v) is 20.0. The highest BCUT2D eigenvalue weighted by molar-refractivity contribution is 7.89. The van der Waals surface area contributed by atoms with Gasteiger partial charge in [0.05, 0.1) is 6.54 Å². The zero-order valence-electron chi connectivity index (χ0n) is 17.6. The smallest absolute Gasteiger partial charge is 0.276 e. The van der Waals surface area contributed by atoms with Gasteiger partial charge in [0.25, 0.3) is 15.9 Å². The van der Waals surface area contributed by atoms with Crippen molar-refractivity contribution in [2.24, 2.45) is 0 Å². The second kappa shape index (κ2) is 10.2. The number of nitrogens with zero attached hydrogens (tertiary/aromatic N) is 1. The van der Waals surface area contributed by atoms with Gasteiger partial charge in [0, 0.05) is 40.4 Å². The minimum Gasteiger partial charge on any atom is -0.446 e. The van der Waals surface area contributed by atoms with E-state index in [2.05, 4.69) is 10.6 Å². The van der Waals surface area contributed by atoms with Crippen LogP contribution in [0.15, 0.2) is 70.2 Å². The van der Waals surface area contributed by atoms with Crippen molar-refractivity contribution in [3.63, 3.8) is 0 Å². The van der Waals surface area contributed by atoms with E-state index < -0.39 is 10.0 Å². The molecule has 2 N–H and O–H groups in total. The minimum atomic E-state index is -3.75. The number of carbonyl (C=O) groups is 1. The van der Waals surface area contributed by atoms with Gasteiger partial charge in [-0.2, -0.15) is 4.31 Å². The van der Waals surface area contributed by atoms with Crippen molar-refractivity contribution in [2.75, 3.05) is 18.4 Å². The molecule has 0 atom stereocenters. The van der Waals surface area contributed by atoms with E-state index in [0.29, 0.717) is 47.3 Å². The summed E-state index contributed by atoms with van der Waals surface area (Å²) in [5.74, 6) is 0.0511. The van der Waals surface area contributed by atoms with Crippen LogP contribution in [0.3, 0.4) is 0 Å². The van der Waals surface area contributed by atoms with Gasteiger partial charge >= 0.3 is 0 Å². The maximum atomic E-state index is 13.0. The average molecular weight is 508 g/mol. The Morgan fingerprint density at radius 3 is 2.42 bits per heavy atom. The Morgan fingerprint density at radius 2 is 1.73 bits per heavy atom. The van der Waals surface area contributed by atoms with Crippen molar-refractivity contribution in [3.8, 4) is 0 Å². The Morgan fingerprint density at radius 1 is 1.00 bits per heavy atom. The molecule has 1 aliphatic heterocycles.